The number of hydrogen-bond donors (Lipinski definition) is 0. The summed E-state index contributed by atoms with van der Waals surface area (Å²) in [5, 5.41) is 0. The standard InChI is InChI=1S/C25H26F6O/c1-2-17-5-11-20(12-6-17)21-13-7-18(8-14-21)3-4-19-9-15-22(16-10-19)32-25(30,31)23(26)24(27,28)29/h3-4,7-10,13-17,20,23H,2,5-6,11-12H2,1H3. The lowest BCUT2D eigenvalue weighted by Gasteiger charge is -2.28. The predicted molar refractivity (Wildman–Crippen MR) is 113 cm³/mol. The van der Waals surface area contributed by atoms with Gasteiger partial charge < -0.3 is 4.74 Å². The van der Waals surface area contributed by atoms with Crippen molar-refractivity contribution in [1.29, 1.82) is 0 Å². The molecule has 1 unspecified atom stereocenters. The number of rotatable bonds is 7. The maximum absolute atomic E-state index is 13.3. The van der Waals surface area contributed by atoms with Crippen LogP contribution in [0.15, 0.2) is 48.5 Å². The third-order valence-corrected chi connectivity index (χ3v) is 6.02. The maximum Gasteiger partial charge on any atom is 0.439 e. The Morgan fingerprint density at radius 2 is 1.34 bits per heavy atom. The van der Waals surface area contributed by atoms with Gasteiger partial charge in [0.05, 0.1) is 0 Å². The molecule has 1 nitrogen and oxygen atoms in total. The number of benzene rings is 2. The molecule has 0 aliphatic heterocycles. The molecule has 2 aromatic rings. The molecule has 0 saturated heterocycles. The van der Waals surface area contributed by atoms with Crippen LogP contribution in [0.5, 0.6) is 5.75 Å². The Morgan fingerprint density at radius 1 is 0.844 bits per heavy atom. The Balaban J connectivity index is 1.58. The largest absolute Gasteiger partial charge is 0.439 e. The van der Waals surface area contributed by atoms with Crippen molar-refractivity contribution in [2.75, 3.05) is 0 Å². The fraction of sp³-hybridized carbons (Fsp3) is 0.440. The maximum atomic E-state index is 13.3. The van der Waals surface area contributed by atoms with Crippen molar-refractivity contribution in [2.45, 2.75) is 63.4 Å². The summed E-state index contributed by atoms with van der Waals surface area (Å²) >= 11 is 0. The van der Waals surface area contributed by atoms with E-state index < -0.39 is 24.2 Å². The van der Waals surface area contributed by atoms with E-state index in [1.165, 1.54) is 49.8 Å². The summed E-state index contributed by atoms with van der Waals surface area (Å²) in [7, 11) is 0. The number of ether oxygens (including phenoxy) is 1. The van der Waals surface area contributed by atoms with Gasteiger partial charge in [-0.15, -0.1) is 0 Å². The van der Waals surface area contributed by atoms with Crippen LogP contribution in [-0.2, 0) is 0 Å². The minimum absolute atomic E-state index is 0.554. The molecule has 1 aliphatic rings. The molecule has 0 aromatic heterocycles. The topological polar surface area (TPSA) is 9.23 Å². The molecule has 0 amide bonds. The van der Waals surface area contributed by atoms with Crippen molar-refractivity contribution < 1.29 is 31.1 Å². The van der Waals surface area contributed by atoms with E-state index in [4.69, 9.17) is 0 Å². The zero-order chi connectivity index (χ0) is 23.4. The van der Waals surface area contributed by atoms with Crippen molar-refractivity contribution in [3.05, 3.63) is 65.2 Å². The van der Waals surface area contributed by atoms with Crippen molar-refractivity contribution in [3.63, 3.8) is 0 Å². The van der Waals surface area contributed by atoms with Crippen molar-refractivity contribution >= 4 is 12.2 Å². The van der Waals surface area contributed by atoms with Crippen molar-refractivity contribution in [2.24, 2.45) is 5.92 Å². The molecule has 1 aliphatic carbocycles. The SMILES string of the molecule is CCC1CCC(c2ccc(C=Cc3ccc(OC(F)(F)C(F)C(F)(F)F)cc3)cc2)CC1. The summed E-state index contributed by atoms with van der Waals surface area (Å²) in [5.74, 6) is 0.892. The number of halogens is 6. The minimum Gasteiger partial charge on any atom is -0.430 e. The lowest BCUT2D eigenvalue weighted by Crippen LogP contribution is -2.45. The van der Waals surface area contributed by atoms with Crippen LogP contribution in [0, 0.1) is 5.92 Å². The Bertz CT molecular complexity index is 878. The lowest BCUT2D eigenvalue weighted by molar-refractivity contribution is -0.304. The van der Waals surface area contributed by atoms with Crippen LogP contribution in [0.25, 0.3) is 12.2 Å². The second-order valence-corrected chi connectivity index (χ2v) is 8.26. The van der Waals surface area contributed by atoms with E-state index in [-0.39, 0.29) is 0 Å². The molecule has 1 fully saturated rings. The van der Waals surface area contributed by atoms with Gasteiger partial charge in [0.1, 0.15) is 5.75 Å². The van der Waals surface area contributed by atoms with Gasteiger partial charge in [0.2, 0.25) is 0 Å². The Hall–Kier alpha value is -2.44. The van der Waals surface area contributed by atoms with Crippen LogP contribution in [0.4, 0.5) is 26.3 Å². The van der Waals surface area contributed by atoms with Crippen LogP contribution in [0.3, 0.4) is 0 Å². The first kappa shape index (κ1) is 24.2. The quantitative estimate of drug-likeness (QED) is 0.300. The molecule has 0 bridgehead atoms. The second-order valence-electron chi connectivity index (χ2n) is 8.26. The summed E-state index contributed by atoms with van der Waals surface area (Å²) in [4.78, 5) is 0. The molecule has 32 heavy (non-hydrogen) atoms. The average Bonchev–Trinajstić information content (AvgIpc) is 2.78. The van der Waals surface area contributed by atoms with Crippen molar-refractivity contribution in [3.8, 4) is 5.75 Å². The van der Waals surface area contributed by atoms with Crippen molar-refractivity contribution in [1.82, 2.24) is 0 Å². The van der Waals surface area contributed by atoms with Gasteiger partial charge in [0.15, 0.2) is 0 Å². The van der Waals surface area contributed by atoms with Crippen LogP contribution in [-0.4, -0.2) is 18.5 Å². The fourth-order valence-corrected chi connectivity index (χ4v) is 4.02. The highest BCUT2D eigenvalue weighted by Gasteiger charge is 2.59. The highest BCUT2D eigenvalue weighted by Crippen LogP contribution is 2.38. The molecule has 1 atom stereocenters. The summed E-state index contributed by atoms with van der Waals surface area (Å²) in [5.41, 5.74) is 2.94. The summed E-state index contributed by atoms with van der Waals surface area (Å²) < 4.78 is 80.1. The Kier molecular flexibility index (Phi) is 7.57. The second kappa shape index (κ2) is 10.0. The first-order valence-electron chi connectivity index (χ1n) is 10.7. The van der Waals surface area contributed by atoms with E-state index in [2.05, 4.69) is 23.8 Å². The molecule has 2 aromatic carbocycles. The van der Waals surface area contributed by atoms with E-state index in [9.17, 15) is 26.3 Å². The highest BCUT2D eigenvalue weighted by molar-refractivity contribution is 5.69. The van der Waals surface area contributed by atoms with Crippen LogP contribution < -0.4 is 4.74 Å². The molecule has 0 radical (unpaired) electrons. The molecule has 174 valence electrons. The molecular formula is C25H26F6O. The molecule has 0 spiro atoms. The highest BCUT2D eigenvalue weighted by atomic mass is 19.4. The van der Waals surface area contributed by atoms with Gasteiger partial charge in [0, 0.05) is 0 Å². The zero-order valence-electron chi connectivity index (χ0n) is 17.7. The Morgan fingerprint density at radius 3 is 1.81 bits per heavy atom. The fourth-order valence-electron chi connectivity index (χ4n) is 4.02. The lowest BCUT2D eigenvalue weighted by atomic mass is 9.78. The van der Waals surface area contributed by atoms with Gasteiger partial charge in [0.25, 0.3) is 6.17 Å². The van der Waals surface area contributed by atoms with E-state index in [1.54, 1.807) is 6.08 Å². The van der Waals surface area contributed by atoms with Gasteiger partial charge in [-0.2, -0.15) is 22.0 Å². The summed E-state index contributed by atoms with van der Waals surface area (Å²) in [6.45, 7) is 2.25. The smallest absolute Gasteiger partial charge is 0.430 e. The monoisotopic (exact) mass is 456 g/mol. The Labute approximate surface area is 184 Å². The molecule has 3 rings (SSSR count). The number of alkyl halides is 6. The van der Waals surface area contributed by atoms with Gasteiger partial charge in [-0.05, 0) is 66.3 Å². The van der Waals surface area contributed by atoms with E-state index in [1.807, 2.05) is 18.2 Å². The molecule has 7 heteroatoms. The number of hydrogen-bond acceptors (Lipinski definition) is 1. The average molecular weight is 456 g/mol. The first-order valence-corrected chi connectivity index (χ1v) is 10.7. The van der Waals surface area contributed by atoms with Crippen LogP contribution >= 0.6 is 0 Å². The molecule has 0 N–H and O–H groups in total. The zero-order valence-corrected chi connectivity index (χ0v) is 17.7. The van der Waals surface area contributed by atoms with E-state index in [0.717, 1.165) is 23.6 Å². The third kappa shape index (κ3) is 6.30. The van der Waals surface area contributed by atoms with Gasteiger partial charge in [-0.1, -0.05) is 61.9 Å². The third-order valence-electron chi connectivity index (χ3n) is 6.02. The first-order chi connectivity index (χ1) is 15.1. The van der Waals surface area contributed by atoms with Crippen LogP contribution in [0.1, 0.15) is 61.6 Å². The van der Waals surface area contributed by atoms with E-state index in [0.29, 0.717) is 11.5 Å². The normalized spacial score (nSPS) is 21.0. The minimum atomic E-state index is -5.71. The van der Waals surface area contributed by atoms with Crippen LogP contribution in [0.2, 0.25) is 0 Å². The van der Waals surface area contributed by atoms with Gasteiger partial charge >= 0.3 is 12.3 Å². The molecular weight excluding hydrogens is 430 g/mol. The summed E-state index contributed by atoms with van der Waals surface area (Å²) in [6.07, 6.45) is -5.30. The summed E-state index contributed by atoms with van der Waals surface area (Å²) in [6, 6.07) is 13.3. The predicted octanol–water partition coefficient (Wildman–Crippen LogP) is 8.41. The van der Waals surface area contributed by atoms with Gasteiger partial charge in [-0.3, -0.25) is 0 Å². The molecule has 1 saturated carbocycles. The molecule has 0 heterocycles. The van der Waals surface area contributed by atoms with Gasteiger partial charge in [-0.25, -0.2) is 4.39 Å². The van der Waals surface area contributed by atoms with E-state index >= 15 is 0 Å².